The van der Waals surface area contributed by atoms with E-state index in [1.54, 1.807) is 7.05 Å². The van der Waals surface area contributed by atoms with Gasteiger partial charge < -0.3 is 4.42 Å². The molecule has 0 saturated carbocycles. The zero-order valence-electron chi connectivity index (χ0n) is 13.2. The first-order valence-corrected chi connectivity index (χ1v) is 9.02. The summed E-state index contributed by atoms with van der Waals surface area (Å²) in [5.41, 5.74) is 2.62. The third-order valence-corrected chi connectivity index (χ3v) is 5.54. The Kier molecular flexibility index (Phi) is 4.24. The molecular weight excluding hydrogens is 310 g/mol. The average molecular weight is 329 g/mol. The number of aryl methyl sites for hydroxylation is 1. The van der Waals surface area contributed by atoms with Gasteiger partial charge in [-0.1, -0.05) is 48.0 Å². The number of furan rings is 1. The highest BCUT2D eigenvalue weighted by atomic mass is 32.2. The van der Waals surface area contributed by atoms with Gasteiger partial charge in [-0.3, -0.25) is 0 Å². The monoisotopic (exact) mass is 329 g/mol. The van der Waals surface area contributed by atoms with E-state index in [1.807, 2.05) is 61.5 Å². The van der Waals surface area contributed by atoms with Gasteiger partial charge in [-0.25, -0.2) is 8.42 Å². The summed E-state index contributed by atoms with van der Waals surface area (Å²) < 4.78 is 32.1. The lowest BCUT2D eigenvalue weighted by atomic mass is 10.2. The van der Waals surface area contributed by atoms with Crippen LogP contribution in [0.5, 0.6) is 0 Å². The molecule has 0 spiro atoms. The van der Waals surface area contributed by atoms with Crippen LogP contribution in [0, 0.1) is 6.92 Å². The van der Waals surface area contributed by atoms with Gasteiger partial charge >= 0.3 is 0 Å². The fourth-order valence-electron chi connectivity index (χ4n) is 2.56. The minimum absolute atomic E-state index is 0.00852. The number of hydrogen-bond donors (Lipinski definition) is 0. The number of benzene rings is 2. The second-order valence-corrected chi connectivity index (χ2v) is 7.83. The Hall–Kier alpha value is -2.11. The third-order valence-electron chi connectivity index (χ3n) is 3.76. The molecule has 0 fully saturated rings. The highest BCUT2D eigenvalue weighted by molar-refractivity contribution is 7.88. The largest absolute Gasteiger partial charge is 0.460 e. The van der Waals surface area contributed by atoms with Gasteiger partial charge in [-0.15, -0.1) is 0 Å². The van der Waals surface area contributed by atoms with E-state index < -0.39 is 10.0 Å². The molecule has 5 heteroatoms. The summed E-state index contributed by atoms with van der Waals surface area (Å²) in [7, 11) is -1.81. The molecule has 2 aromatic carbocycles. The molecule has 23 heavy (non-hydrogen) atoms. The van der Waals surface area contributed by atoms with Crippen molar-refractivity contribution in [3.8, 4) is 0 Å². The number of para-hydroxylation sites is 1. The van der Waals surface area contributed by atoms with Gasteiger partial charge in [0.15, 0.2) is 0 Å². The van der Waals surface area contributed by atoms with Gasteiger partial charge in [0.05, 0.1) is 12.3 Å². The van der Waals surface area contributed by atoms with Crippen LogP contribution in [0.1, 0.15) is 16.9 Å². The summed E-state index contributed by atoms with van der Waals surface area (Å²) in [4.78, 5) is 0. The number of nitrogens with zero attached hydrogens (tertiary/aromatic N) is 1. The Morgan fingerprint density at radius 1 is 1.04 bits per heavy atom. The first kappa shape index (κ1) is 15.8. The van der Waals surface area contributed by atoms with Crippen molar-refractivity contribution in [1.29, 1.82) is 0 Å². The molecule has 3 aromatic rings. The lowest BCUT2D eigenvalue weighted by Gasteiger charge is -2.16. The lowest BCUT2D eigenvalue weighted by molar-refractivity contribution is 0.417. The standard InChI is InChI=1S/C18H19NO3S/c1-14-6-5-7-15(10-14)13-23(20,21)19(2)12-17-11-16-8-3-4-9-18(16)22-17/h3-11H,12-13H2,1-2H3. The third kappa shape index (κ3) is 3.63. The zero-order valence-corrected chi connectivity index (χ0v) is 14.0. The minimum Gasteiger partial charge on any atom is -0.460 e. The Labute approximate surface area is 136 Å². The molecule has 0 aliphatic heterocycles. The van der Waals surface area contributed by atoms with Gasteiger partial charge in [0.1, 0.15) is 11.3 Å². The average Bonchev–Trinajstić information content (AvgIpc) is 2.88. The minimum atomic E-state index is -3.39. The van der Waals surface area contributed by atoms with E-state index >= 15 is 0 Å². The molecule has 0 unspecified atom stereocenters. The number of sulfonamides is 1. The molecule has 1 aromatic heterocycles. The molecular formula is C18H19NO3S. The smallest absolute Gasteiger partial charge is 0.218 e. The van der Waals surface area contributed by atoms with Crippen molar-refractivity contribution in [2.45, 2.75) is 19.2 Å². The van der Waals surface area contributed by atoms with E-state index in [1.165, 1.54) is 4.31 Å². The zero-order chi connectivity index (χ0) is 16.4. The van der Waals surface area contributed by atoms with E-state index in [2.05, 4.69) is 0 Å². The van der Waals surface area contributed by atoms with Crippen LogP contribution in [0.2, 0.25) is 0 Å². The normalized spacial score (nSPS) is 12.1. The van der Waals surface area contributed by atoms with Crippen molar-refractivity contribution in [3.63, 3.8) is 0 Å². The van der Waals surface area contributed by atoms with Crippen molar-refractivity contribution in [3.05, 3.63) is 71.5 Å². The second kappa shape index (κ2) is 6.18. The van der Waals surface area contributed by atoms with E-state index in [-0.39, 0.29) is 12.3 Å². The lowest BCUT2D eigenvalue weighted by Crippen LogP contribution is -2.27. The van der Waals surface area contributed by atoms with Gasteiger partial charge in [-0.2, -0.15) is 4.31 Å². The van der Waals surface area contributed by atoms with Gasteiger partial charge in [0.2, 0.25) is 10.0 Å². The molecule has 0 bridgehead atoms. The summed E-state index contributed by atoms with van der Waals surface area (Å²) in [5, 5.41) is 0.979. The van der Waals surface area contributed by atoms with Crippen LogP contribution < -0.4 is 0 Å². The first-order valence-electron chi connectivity index (χ1n) is 7.41. The Morgan fingerprint density at radius 2 is 1.83 bits per heavy atom. The summed E-state index contributed by atoms with van der Waals surface area (Å²) in [6.45, 7) is 2.18. The summed E-state index contributed by atoms with van der Waals surface area (Å²) in [6.07, 6.45) is 0. The van der Waals surface area contributed by atoms with Crippen molar-refractivity contribution < 1.29 is 12.8 Å². The quantitative estimate of drug-likeness (QED) is 0.717. The summed E-state index contributed by atoms with van der Waals surface area (Å²) >= 11 is 0. The molecule has 1 heterocycles. The van der Waals surface area contributed by atoms with Crippen LogP contribution in [0.25, 0.3) is 11.0 Å². The van der Waals surface area contributed by atoms with E-state index in [0.717, 1.165) is 22.1 Å². The SMILES string of the molecule is Cc1cccc(CS(=O)(=O)N(C)Cc2cc3ccccc3o2)c1. The van der Waals surface area contributed by atoms with Crippen molar-refractivity contribution in [1.82, 2.24) is 4.31 Å². The fraction of sp³-hybridized carbons (Fsp3) is 0.222. The summed E-state index contributed by atoms with van der Waals surface area (Å²) in [6, 6.07) is 17.1. The highest BCUT2D eigenvalue weighted by Gasteiger charge is 2.20. The van der Waals surface area contributed by atoms with Crippen LogP contribution in [-0.2, 0) is 22.3 Å². The van der Waals surface area contributed by atoms with Crippen molar-refractivity contribution in [2.75, 3.05) is 7.05 Å². The molecule has 0 aliphatic rings. The van der Waals surface area contributed by atoms with Gasteiger partial charge in [0.25, 0.3) is 0 Å². The van der Waals surface area contributed by atoms with E-state index in [4.69, 9.17) is 4.42 Å². The molecule has 0 atom stereocenters. The Morgan fingerprint density at radius 3 is 2.57 bits per heavy atom. The van der Waals surface area contributed by atoms with Crippen LogP contribution >= 0.6 is 0 Å². The molecule has 0 aliphatic carbocycles. The van der Waals surface area contributed by atoms with Gasteiger partial charge in [0, 0.05) is 12.4 Å². The van der Waals surface area contributed by atoms with Crippen LogP contribution in [-0.4, -0.2) is 19.8 Å². The Balaban J connectivity index is 1.77. The predicted molar refractivity (Wildman–Crippen MR) is 91.5 cm³/mol. The number of hydrogen-bond acceptors (Lipinski definition) is 3. The fourth-order valence-corrected chi connectivity index (χ4v) is 3.70. The Bertz CT molecular complexity index is 895. The van der Waals surface area contributed by atoms with Crippen LogP contribution in [0.4, 0.5) is 0 Å². The first-order chi connectivity index (χ1) is 10.9. The highest BCUT2D eigenvalue weighted by Crippen LogP contribution is 2.21. The number of rotatable bonds is 5. The van der Waals surface area contributed by atoms with Gasteiger partial charge in [-0.05, 0) is 24.6 Å². The number of fused-ring (bicyclic) bond motifs is 1. The summed E-state index contributed by atoms with van der Waals surface area (Å²) in [5.74, 6) is 0.632. The van der Waals surface area contributed by atoms with Crippen LogP contribution in [0.3, 0.4) is 0 Å². The molecule has 120 valence electrons. The molecule has 0 N–H and O–H groups in total. The van der Waals surface area contributed by atoms with Crippen molar-refractivity contribution >= 4 is 21.0 Å². The maximum Gasteiger partial charge on any atom is 0.218 e. The molecule has 4 nitrogen and oxygen atoms in total. The molecule has 0 saturated heterocycles. The van der Waals surface area contributed by atoms with E-state index in [0.29, 0.717) is 5.76 Å². The topological polar surface area (TPSA) is 50.5 Å². The predicted octanol–water partition coefficient (Wildman–Crippen LogP) is 3.70. The maximum atomic E-state index is 12.5. The molecule has 0 amide bonds. The van der Waals surface area contributed by atoms with E-state index in [9.17, 15) is 8.42 Å². The molecule has 3 rings (SSSR count). The van der Waals surface area contributed by atoms with Crippen LogP contribution in [0.15, 0.2) is 59.0 Å². The second-order valence-electron chi connectivity index (χ2n) is 5.75. The van der Waals surface area contributed by atoms with Crippen molar-refractivity contribution in [2.24, 2.45) is 0 Å². The maximum absolute atomic E-state index is 12.5. The molecule has 0 radical (unpaired) electrons.